The number of halogens is 1. The molecule has 5 heteroatoms. The summed E-state index contributed by atoms with van der Waals surface area (Å²) in [7, 11) is 0. The number of benzene rings is 2. The zero-order chi connectivity index (χ0) is 18.4. The minimum atomic E-state index is 0.665. The summed E-state index contributed by atoms with van der Waals surface area (Å²) in [4.78, 5) is 6.34. The predicted molar refractivity (Wildman–Crippen MR) is 112 cm³/mol. The lowest BCUT2D eigenvalue weighted by atomic mass is 10.1. The summed E-state index contributed by atoms with van der Waals surface area (Å²) in [6, 6.07) is 20.0. The van der Waals surface area contributed by atoms with Crippen LogP contribution in [0.3, 0.4) is 0 Å². The van der Waals surface area contributed by atoms with Crippen LogP contribution in [0.4, 0.5) is 5.69 Å². The van der Waals surface area contributed by atoms with Gasteiger partial charge in [-0.15, -0.1) is 0 Å². The van der Waals surface area contributed by atoms with E-state index in [-0.39, 0.29) is 0 Å². The van der Waals surface area contributed by atoms with E-state index in [0.717, 1.165) is 17.8 Å². The number of hydrogen-bond donors (Lipinski definition) is 1. The van der Waals surface area contributed by atoms with E-state index in [9.17, 15) is 0 Å². The van der Waals surface area contributed by atoms with Crippen LogP contribution in [-0.4, -0.2) is 15.0 Å². The van der Waals surface area contributed by atoms with E-state index in [2.05, 4.69) is 52.5 Å². The van der Waals surface area contributed by atoms with Gasteiger partial charge in [-0.3, -0.25) is 4.98 Å². The summed E-state index contributed by atoms with van der Waals surface area (Å²) in [5.41, 5.74) is 4.48. The summed E-state index contributed by atoms with van der Waals surface area (Å²) < 4.78 is 0. The van der Waals surface area contributed by atoms with Crippen LogP contribution in [0, 0.1) is 6.92 Å². The molecule has 2 aromatic carbocycles. The highest BCUT2D eigenvalue weighted by molar-refractivity contribution is 7.80. The van der Waals surface area contributed by atoms with E-state index < -0.39 is 0 Å². The van der Waals surface area contributed by atoms with Gasteiger partial charge >= 0.3 is 0 Å². The zero-order valence-electron chi connectivity index (χ0n) is 14.5. The second kappa shape index (κ2) is 8.79. The second-order valence-electron chi connectivity index (χ2n) is 6.14. The molecule has 0 atom stereocenters. The van der Waals surface area contributed by atoms with Gasteiger partial charge in [0.15, 0.2) is 5.11 Å². The fraction of sp³-hybridized carbons (Fsp3) is 0.143. The Balaban J connectivity index is 1.79. The third-order valence-corrected chi connectivity index (χ3v) is 4.55. The van der Waals surface area contributed by atoms with Gasteiger partial charge in [0.1, 0.15) is 0 Å². The smallest absolute Gasteiger partial charge is 0.174 e. The summed E-state index contributed by atoms with van der Waals surface area (Å²) in [5.74, 6) is 0. The molecule has 0 bridgehead atoms. The maximum Gasteiger partial charge on any atom is 0.174 e. The highest BCUT2D eigenvalue weighted by atomic mass is 35.5. The van der Waals surface area contributed by atoms with Crippen molar-refractivity contribution in [2.24, 2.45) is 0 Å². The molecule has 0 saturated carbocycles. The van der Waals surface area contributed by atoms with Gasteiger partial charge in [-0.25, -0.2) is 0 Å². The number of aromatic nitrogens is 1. The molecule has 3 rings (SSSR count). The molecule has 0 aliphatic carbocycles. The molecule has 3 aromatic rings. The molecule has 0 aliphatic heterocycles. The molecule has 3 nitrogen and oxygen atoms in total. The van der Waals surface area contributed by atoms with Crippen LogP contribution in [0.15, 0.2) is 73.1 Å². The van der Waals surface area contributed by atoms with Crippen molar-refractivity contribution < 1.29 is 0 Å². The van der Waals surface area contributed by atoms with E-state index >= 15 is 0 Å². The van der Waals surface area contributed by atoms with Gasteiger partial charge in [-0.05, 0) is 60.6 Å². The van der Waals surface area contributed by atoms with Crippen molar-refractivity contribution in [1.82, 2.24) is 9.88 Å². The van der Waals surface area contributed by atoms with Crippen LogP contribution >= 0.6 is 23.8 Å². The van der Waals surface area contributed by atoms with Crippen LogP contribution in [0.25, 0.3) is 0 Å². The molecule has 1 N–H and O–H groups in total. The average Bonchev–Trinajstić information content (AvgIpc) is 2.64. The van der Waals surface area contributed by atoms with Crippen molar-refractivity contribution in [2.45, 2.75) is 20.0 Å². The number of aryl methyl sites for hydroxylation is 1. The van der Waals surface area contributed by atoms with Crippen LogP contribution < -0.4 is 5.32 Å². The molecular weight excluding hydrogens is 362 g/mol. The molecule has 1 heterocycles. The summed E-state index contributed by atoms with van der Waals surface area (Å²) >= 11 is 11.6. The third-order valence-electron chi connectivity index (χ3n) is 3.93. The SMILES string of the molecule is Cc1cccc(CN(Cc2cccnc2)C(=S)Nc2ccc(Cl)cc2)c1. The highest BCUT2D eigenvalue weighted by Crippen LogP contribution is 2.16. The molecule has 0 saturated heterocycles. The fourth-order valence-electron chi connectivity index (χ4n) is 2.68. The number of nitrogens with zero attached hydrogens (tertiary/aromatic N) is 2. The summed E-state index contributed by atoms with van der Waals surface area (Å²) in [5, 5.41) is 4.67. The Morgan fingerprint density at radius 2 is 1.77 bits per heavy atom. The Kier molecular flexibility index (Phi) is 6.21. The first kappa shape index (κ1) is 18.4. The van der Waals surface area contributed by atoms with Gasteiger partial charge in [-0.2, -0.15) is 0 Å². The molecule has 26 heavy (non-hydrogen) atoms. The second-order valence-corrected chi connectivity index (χ2v) is 6.97. The van der Waals surface area contributed by atoms with Crippen molar-refractivity contribution in [1.29, 1.82) is 0 Å². The average molecular weight is 382 g/mol. The maximum atomic E-state index is 5.96. The van der Waals surface area contributed by atoms with Crippen molar-refractivity contribution in [3.63, 3.8) is 0 Å². The van der Waals surface area contributed by atoms with E-state index in [1.165, 1.54) is 11.1 Å². The monoisotopic (exact) mass is 381 g/mol. The van der Waals surface area contributed by atoms with Crippen LogP contribution in [0.5, 0.6) is 0 Å². The first-order valence-corrected chi connectivity index (χ1v) is 9.15. The molecule has 0 aliphatic rings. The molecular formula is C21H20ClN3S. The maximum absolute atomic E-state index is 5.96. The zero-order valence-corrected chi connectivity index (χ0v) is 16.1. The number of nitrogens with one attached hydrogen (secondary N) is 1. The molecule has 0 spiro atoms. The standard InChI is InChI=1S/C21H20ClN3S/c1-16-4-2-5-17(12-16)14-25(15-18-6-3-11-23-13-18)21(26)24-20-9-7-19(22)8-10-20/h2-13H,14-15H2,1H3,(H,24,26). The van der Waals surface area contributed by atoms with Crippen molar-refractivity contribution in [3.8, 4) is 0 Å². The van der Waals surface area contributed by atoms with E-state index in [0.29, 0.717) is 16.7 Å². The Morgan fingerprint density at radius 1 is 1.04 bits per heavy atom. The first-order chi connectivity index (χ1) is 12.6. The van der Waals surface area contributed by atoms with Crippen LogP contribution in [0.1, 0.15) is 16.7 Å². The Labute approximate surface area is 164 Å². The quantitative estimate of drug-likeness (QED) is 0.595. The highest BCUT2D eigenvalue weighted by Gasteiger charge is 2.12. The van der Waals surface area contributed by atoms with Gasteiger partial charge < -0.3 is 10.2 Å². The number of thiocarbonyl (C=S) groups is 1. The summed E-state index contributed by atoms with van der Waals surface area (Å²) in [6.07, 6.45) is 3.65. The number of anilines is 1. The van der Waals surface area contributed by atoms with E-state index in [1.807, 2.05) is 36.5 Å². The Hall–Kier alpha value is -2.43. The van der Waals surface area contributed by atoms with Gasteiger partial charge in [0, 0.05) is 36.2 Å². The van der Waals surface area contributed by atoms with Gasteiger partial charge in [-0.1, -0.05) is 47.5 Å². The van der Waals surface area contributed by atoms with E-state index in [1.54, 1.807) is 6.20 Å². The van der Waals surface area contributed by atoms with Crippen molar-refractivity contribution in [3.05, 3.63) is 94.8 Å². The van der Waals surface area contributed by atoms with Gasteiger partial charge in [0.05, 0.1) is 0 Å². The third kappa shape index (κ3) is 5.28. The van der Waals surface area contributed by atoms with Crippen molar-refractivity contribution >= 4 is 34.6 Å². The number of pyridine rings is 1. The lowest BCUT2D eigenvalue weighted by molar-refractivity contribution is 0.412. The fourth-order valence-corrected chi connectivity index (χ4v) is 3.05. The first-order valence-electron chi connectivity index (χ1n) is 8.36. The topological polar surface area (TPSA) is 28.2 Å². The molecule has 0 fully saturated rings. The van der Waals surface area contributed by atoms with E-state index in [4.69, 9.17) is 23.8 Å². The van der Waals surface area contributed by atoms with Crippen LogP contribution in [-0.2, 0) is 13.1 Å². The van der Waals surface area contributed by atoms with Gasteiger partial charge in [0.25, 0.3) is 0 Å². The normalized spacial score (nSPS) is 10.4. The molecule has 1 aromatic heterocycles. The number of hydrogen-bond acceptors (Lipinski definition) is 2. The number of rotatable bonds is 5. The molecule has 0 unspecified atom stereocenters. The Bertz CT molecular complexity index is 866. The van der Waals surface area contributed by atoms with Crippen molar-refractivity contribution in [2.75, 3.05) is 5.32 Å². The lowest BCUT2D eigenvalue weighted by Crippen LogP contribution is -2.33. The lowest BCUT2D eigenvalue weighted by Gasteiger charge is -2.26. The minimum absolute atomic E-state index is 0.665. The predicted octanol–water partition coefficient (Wildman–Crippen LogP) is 5.44. The largest absolute Gasteiger partial charge is 0.340 e. The molecule has 0 amide bonds. The van der Waals surface area contributed by atoms with Gasteiger partial charge in [0.2, 0.25) is 0 Å². The summed E-state index contributed by atoms with van der Waals surface area (Å²) in [6.45, 7) is 3.50. The molecule has 132 valence electrons. The molecule has 0 radical (unpaired) electrons. The minimum Gasteiger partial charge on any atom is -0.340 e. The van der Waals surface area contributed by atoms with Crippen LogP contribution in [0.2, 0.25) is 5.02 Å². The Morgan fingerprint density at radius 3 is 2.46 bits per heavy atom.